The van der Waals surface area contributed by atoms with E-state index in [0.717, 1.165) is 25.8 Å². The van der Waals surface area contributed by atoms with E-state index < -0.39 is 17.9 Å². The number of carbonyl (C=O) groups excluding carboxylic acids is 2. The van der Waals surface area contributed by atoms with Gasteiger partial charge in [-0.2, -0.15) is 0 Å². The fourth-order valence-corrected chi connectivity index (χ4v) is 2.29. The molecule has 7 heteroatoms. The predicted molar refractivity (Wildman–Crippen MR) is 72.9 cm³/mol. The van der Waals surface area contributed by atoms with E-state index in [1.165, 1.54) is 0 Å². The summed E-state index contributed by atoms with van der Waals surface area (Å²) in [4.78, 5) is 33.4. The smallest absolute Gasteiger partial charge is 0.326 e. The summed E-state index contributed by atoms with van der Waals surface area (Å²) in [7, 11) is 0. The molecule has 1 fully saturated rings. The highest BCUT2D eigenvalue weighted by Crippen LogP contribution is 2.11. The Hall–Kier alpha value is -1.63. The summed E-state index contributed by atoms with van der Waals surface area (Å²) in [6, 6.07) is -0.710. The highest BCUT2D eigenvalue weighted by atomic mass is 16.4. The van der Waals surface area contributed by atoms with Gasteiger partial charge >= 0.3 is 5.97 Å². The van der Waals surface area contributed by atoms with Crippen molar-refractivity contribution in [3.8, 4) is 0 Å². The second kappa shape index (κ2) is 8.52. The maximum Gasteiger partial charge on any atom is 0.326 e. The Morgan fingerprint density at radius 2 is 2.05 bits per heavy atom. The Labute approximate surface area is 118 Å². The molecule has 20 heavy (non-hydrogen) atoms. The molecule has 1 unspecified atom stereocenters. The first kappa shape index (κ1) is 16.4. The van der Waals surface area contributed by atoms with E-state index in [4.69, 9.17) is 10.8 Å². The second-order valence-electron chi connectivity index (χ2n) is 5.15. The molecule has 0 spiro atoms. The third kappa shape index (κ3) is 6.51. The van der Waals surface area contributed by atoms with Gasteiger partial charge in [-0.15, -0.1) is 0 Å². The fourth-order valence-electron chi connectivity index (χ4n) is 2.29. The Morgan fingerprint density at radius 1 is 1.30 bits per heavy atom. The van der Waals surface area contributed by atoms with Crippen molar-refractivity contribution in [2.75, 3.05) is 6.54 Å². The molecule has 0 radical (unpaired) electrons. The summed E-state index contributed by atoms with van der Waals surface area (Å²) in [5.74, 6) is -2.01. The minimum Gasteiger partial charge on any atom is -0.480 e. The number of aliphatic carboxylic acids is 1. The molecule has 2 amide bonds. The van der Waals surface area contributed by atoms with Crippen LogP contribution in [0.2, 0.25) is 0 Å². The number of nitrogens with one attached hydrogen (secondary N) is 2. The van der Waals surface area contributed by atoms with Crippen LogP contribution in [0.1, 0.15) is 44.9 Å². The van der Waals surface area contributed by atoms with Gasteiger partial charge in [-0.05, 0) is 32.2 Å². The van der Waals surface area contributed by atoms with Crippen molar-refractivity contribution in [3.63, 3.8) is 0 Å². The van der Waals surface area contributed by atoms with Crippen LogP contribution in [0.15, 0.2) is 0 Å². The number of primary amides is 1. The van der Waals surface area contributed by atoms with Gasteiger partial charge in [0.1, 0.15) is 6.04 Å². The van der Waals surface area contributed by atoms with E-state index in [9.17, 15) is 14.4 Å². The van der Waals surface area contributed by atoms with Crippen LogP contribution in [-0.2, 0) is 14.4 Å². The number of hydrogen-bond acceptors (Lipinski definition) is 4. The zero-order valence-corrected chi connectivity index (χ0v) is 11.6. The highest BCUT2D eigenvalue weighted by Gasteiger charge is 2.21. The third-order valence-electron chi connectivity index (χ3n) is 3.44. The van der Waals surface area contributed by atoms with E-state index >= 15 is 0 Å². The number of amides is 2. The lowest BCUT2D eigenvalue weighted by molar-refractivity contribution is -0.142. The SMILES string of the molecule is NC(=O)CC[C@@H](NC(=O)CCC1CCCCN1)C(=O)O. The van der Waals surface area contributed by atoms with Crippen molar-refractivity contribution in [3.05, 3.63) is 0 Å². The van der Waals surface area contributed by atoms with Gasteiger partial charge in [0.25, 0.3) is 0 Å². The van der Waals surface area contributed by atoms with Crippen LogP contribution < -0.4 is 16.4 Å². The van der Waals surface area contributed by atoms with Gasteiger partial charge in [0.15, 0.2) is 0 Å². The maximum atomic E-state index is 11.7. The number of carboxylic acids is 1. The van der Waals surface area contributed by atoms with Crippen molar-refractivity contribution in [2.24, 2.45) is 5.73 Å². The summed E-state index contributed by atoms with van der Waals surface area (Å²) in [6.07, 6.45) is 4.34. The fraction of sp³-hybridized carbons (Fsp3) is 0.769. The van der Waals surface area contributed by atoms with Crippen molar-refractivity contribution in [1.82, 2.24) is 10.6 Å². The quantitative estimate of drug-likeness (QED) is 0.489. The zero-order chi connectivity index (χ0) is 15.0. The molecule has 0 saturated carbocycles. The van der Waals surface area contributed by atoms with Gasteiger partial charge in [-0.25, -0.2) is 4.79 Å². The van der Waals surface area contributed by atoms with Gasteiger partial charge in [0, 0.05) is 18.9 Å². The van der Waals surface area contributed by atoms with E-state index in [1.54, 1.807) is 0 Å². The van der Waals surface area contributed by atoms with Crippen LogP contribution in [0.5, 0.6) is 0 Å². The van der Waals surface area contributed by atoms with E-state index in [0.29, 0.717) is 12.5 Å². The first-order chi connectivity index (χ1) is 9.49. The van der Waals surface area contributed by atoms with Crippen LogP contribution in [-0.4, -0.2) is 41.5 Å². The molecule has 7 nitrogen and oxygen atoms in total. The summed E-state index contributed by atoms with van der Waals surface area (Å²) in [6.45, 7) is 0.975. The monoisotopic (exact) mass is 285 g/mol. The third-order valence-corrected chi connectivity index (χ3v) is 3.44. The molecule has 1 saturated heterocycles. The summed E-state index contributed by atoms with van der Waals surface area (Å²) in [5.41, 5.74) is 4.98. The van der Waals surface area contributed by atoms with Crippen LogP contribution in [0, 0.1) is 0 Å². The molecule has 1 aliphatic heterocycles. The molecule has 1 rings (SSSR count). The van der Waals surface area contributed by atoms with E-state index in [-0.39, 0.29) is 25.2 Å². The summed E-state index contributed by atoms with van der Waals surface area (Å²) in [5, 5.41) is 14.7. The standard InChI is InChI=1S/C13H23N3O4/c14-11(17)6-5-10(13(19)20)16-12(18)7-4-9-3-1-2-8-15-9/h9-10,15H,1-8H2,(H2,14,17)(H,16,18)(H,19,20)/t9?,10-/m1/s1. The Bertz CT molecular complexity index is 354. The summed E-state index contributed by atoms with van der Waals surface area (Å²) >= 11 is 0. The number of carboxylic acid groups (broad SMARTS) is 1. The number of hydrogen-bond donors (Lipinski definition) is 4. The van der Waals surface area contributed by atoms with Gasteiger partial charge in [-0.3, -0.25) is 9.59 Å². The van der Waals surface area contributed by atoms with Gasteiger partial charge < -0.3 is 21.5 Å². The van der Waals surface area contributed by atoms with Gasteiger partial charge in [0.05, 0.1) is 0 Å². The van der Waals surface area contributed by atoms with Crippen molar-refractivity contribution < 1.29 is 19.5 Å². The number of nitrogens with two attached hydrogens (primary N) is 1. The first-order valence-corrected chi connectivity index (χ1v) is 7.03. The predicted octanol–water partition coefficient (Wildman–Crippen LogP) is -0.256. The van der Waals surface area contributed by atoms with E-state index in [1.807, 2.05) is 0 Å². The zero-order valence-electron chi connectivity index (χ0n) is 11.6. The van der Waals surface area contributed by atoms with Gasteiger partial charge in [0.2, 0.25) is 11.8 Å². The molecule has 0 aromatic carbocycles. The lowest BCUT2D eigenvalue weighted by Gasteiger charge is -2.23. The molecule has 0 aromatic rings. The topological polar surface area (TPSA) is 122 Å². The first-order valence-electron chi connectivity index (χ1n) is 7.03. The Kier molecular flexibility index (Phi) is 7.00. The van der Waals surface area contributed by atoms with E-state index in [2.05, 4.69) is 10.6 Å². The molecule has 0 bridgehead atoms. The van der Waals surface area contributed by atoms with Gasteiger partial charge in [-0.1, -0.05) is 6.42 Å². The molecule has 2 atom stereocenters. The van der Waals surface area contributed by atoms with Crippen LogP contribution in [0.4, 0.5) is 0 Å². The lowest BCUT2D eigenvalue weighted by Crippen LogP contribution is -2.42. The second-order valence-corrected chi connectivity index (χ2v) is 5.15. The van der Waals surface area contributed by atoms with Crippen LogP contribution >= 0.6 is 0 Å². The Balaban J connectivity index is 2.29. The molecule has 0 aliphatic carbocycles. The summed E-state index contributed by atoms with van der Waals surface area (Å²) < 4.78 is 0. The normalized spacial score (nSPS) is 20.1. The van der Waals surface area contributed by atoms with Crippen molar-refractivity contribution >= 4 is 17.8 Å². The molecule has 1 aliphatic rings. The molecule has 0 aromatic heterocycles. The maximum absolute atomic E-state index is 11.7. The Morgan fingerprint density at radius 3 is 2.60 bits per heavy atom. The molecule has 1 heterocycles. The van der Waals surface area contributed by atoms with Crippen LogP contribution in [0.3, 0.4) is 0 Å². The average Bonchev–Trinajstić information content (AvgIpc) is 2.41. The minimum absolute atomic E-state index is 0.0259. The van der Waals surface area contributed by atoms with Crippen LogP contribution in [0.25, 0.3) is 0 Å². The number of carbonyl (C=O) groups is 3. The highest BCUT2D eigenvalue weighted by molar-refractivity contribution is 5.84. The minimum atomic E-state index is -1.14. The number of rotatable bonds is 8. The van der Waals surface area contributed by atoms with Crippen molar-refractivity contribution in [2.45, 2.75) is 57.0 Å². The average molecular weight is 285 g/mol. The molecule has 5 N–H and O–H groups in total. The number of piperidine rings is 1. The lowest BCUT2D eigenvalue weighted by atomic mass is 10.0. The molecule has 114 valence electrons. The molecular formula is C13H23N3O4. The largest absolute Gasteiger partial charge is 0.480 e. The molecular weight excluding hydrogens is 262 g/mol. The van der Waals surface area contributed by atoms with Crippen molar-refractivity contribution in [1.29, 1.82) is 0 Å².